The van der Waals surface area contributed by atoms with Gasteiger partial charge in [-0.1, -0.05) is 17.3 Å². The van der Waals surface area contributed by atoms with Crippen LogP contribution in [0.5, 0.6) is 5.75 Å². The van der Waals surface area contributed by atoms with Crippen molar-refractivity contribution in [2.45, 2.75) is 0 Å². The summed E-state index contributed by atoms with van der Waals surface area (Å²) in [5.74, 6) is -2.03. The molecule has 2 rings (SSSR count). The van der Waals surface area contributed by atoms with Crippen LogP contribution in [0, 0.1) is 5.82 Å². The number of amidine groups is 1. The van der Waals surface area contributed by atoms with Crippen molar-refractivity contribution in [1.29, 1.82) is 0 Å². The van der Waals surface area contributed by atoms with E-state index in [4.69, 9.17) is 16.0 Å². The average Bonchev–Trinajstić information content (AvgIpc) is 2.46. The van der Waals surface area contributed by atoms with Crippen LogP contribution >= 0.6 is 0 Å². The number of oxime groups is 1. The smallest absolute Gasteiger partial charge is 0.258 e. The number of hydrogen-bond donors (Lipinski definition) is 4. The van der Waals surface area contributed by atoms with Gasteiger partial charge in [0.1, 0.15) is 11.6 Å². The third-order valence-corrected chi connectivity index (χ3v) is 2.76. The van der Waals surface area contributed by atoms with Gasteiger partial charge in [-0.05, 0) is 24.3 Å². The molecule has 108 valence electrons. The Balaban J connectivity index is 2.32. The summed E-state index contributed by atoms with van der Waals surface area (Å²) in [6.07, 6.45) is 0. The molecule has 0 aliphatic carbocycles. The van der Waals surface area contributed by atoms with Crippen LogP contribution in [0.4, 0.5) is 10.1 Å². The molecule has 2 aromatic carbocycles. The molecule has 0 aromatic heterocycles. The van der Waals surface area contributed by atoms with Gasteiger partial charge in [-0.15, -0.1) is 0 Å². The molecule has 0 aliphatic heterocycles. The maximum absolute atomic E-state index is 13.6. The number of aromatic hydroxyl groups is 1. The number of halogens is 1. The number of phenols is 1. The van der Waals surface area contributed by atoms with Crippen LogP contribution in [-0.2, 0) is 0 Å². The van der Waals surface area contributed by atoms with E-state index in [1.54, 1.807) is 12.1 Å². The molecule has 0 aliphatic rings. The standard InChI is InChI=1S/C14H12FN3O3/c15-11-7-8(19)5-6-9(11)14(20)17-12-4-2-1-3-10(12)13(16)18-21/h1-7,19,21H,(H2,16,18)(H,17,20). The second-order valence-electron chi connectivity index (χ2n) is 4.15. The zero-order valence-corrected chi connectivity index (χ0v) is 10.7. The van der Waals surface area contributed by atoms with Crippen molar-refractivity contribution >= 4 is 17.4 Å². The van der Waals surface area contributed by atoms with E-state index in [9.17, 15) is 9.18 Å². The summed E-state index contributed by atoms with van der Waals surface area (Å²) in [6.45, 7) is 0. The van der Waals surface area contributed by atoms with Gasteiger partial charge in [-0.2, -0.15) is 0 Å². The Bertz CT molecular complexity index is 716. The summed E-state index contributed by atoms with van der Waals surface area (Å²) in [7, 11) is 0. The predicted octanol–water partition coefficient (Wildman–Crippen LogP) is 1.88. The van der Waals surface area contributed by atoms with Crippen LogP contribution in [-0.4, -0.2) is 22.1 Å². The van der Waals surface area contributed by atoms with Crippen molar-refractivity contribution in [2.75, 3.05) is 5.32 Å². The van der Waals surface area contributed by atoms with E-state index in [1.165, 1.54) is 18.2 Å². The van der Waals surface area contributed by atoms with Crippen molar-refractivity contribution < 1.29 is 19.5 Å². The summed E-state index contributed by atoms with van der Waals surface area (Å²) in [4.78, 5) is 12.0. The van der Waals surface area contributed by atoms with E-state index in [0.717, 1.165) is 12.1 Å². The van der Waals surface area contributed by atoms with Crippen LogP contribution in [0.25, 0.3) is 0 Å². The number of nitrogens with two attached hydrogens (primary N) is 1. The first-order valence-corrected chi connectivity index (χ1v) is 5.89. The first-order chi connectivity index (χ1) is 10.0. The predicted molar refractivity (Wildman–Crippen MR) is 75.0 cm³/mol. The quantitative estimate of drug-likeness (QED) is 0.299. The molecule has 7 heteroatoms. The number of amides is 1. The number of carbonyl (C=O) groups excluding carboxylic acids is 1. The Hall–Kier alpha value is -3.09. The fourth-order valence-corrected chi connectivity index (χ4v) is 1.75. The second-order valence-corrected chi connectivity index (χ2v) is 4.15. The molecule has 6 nitrogen and oxygen atoms in total. The van der Waals surface area contributed by atoms with Gasteiger partial charge in [0.05, 0.1) is 11.3 Å². The number of benzene rings is 2. The Kier molecular flexibility index (Phi) is 4.03. The molecule has 2 aromatic rings. The molecule has 0 heterocycles. The normalized spacial score (nSPS) is 11.2. The summed E-state index contributed by atoms with van der Waals surface area (Å²) in [5, 5.41) is 23.2. The maximum atomic E-state index is 13.6. The molecule has 5 N–H and O–H groups in total. The third kappa shape index (κ3) is 3.08. The Morgan fingerprint density at radius 2 is 1.90 bits per heavy atom. The molecule has 0 radical (unpaired) electrons. The molecule has 1 amide bonds. The van der Waals surface area contributed by atoms with Crippen molar-refractivity contribution in [1.82, 2.24) is 0 Å². The van der Waals surface area contributed by atoms with E-state index < -0.39 is 11.7 Å². The number of hydrogen-bond acceptors (Lipinski definition) is 4. The lowest BCUT2D eigenvalue weighted by Crippen LogP contribution is -2.19. The molecule has 0 spiro atoms. The van der Waals surface area contributed by atoms with Crippen molar-refractivity contribution in [2.24, 2.45) is 10.9 Å². The summed E-state index contributed by atoms with van der Waals surface area (Å²) in [6, 6.07) is 9.55. The number of anilines is 1. The lowest BCUT2D eigenvalue weighted by Gasteiger charge is -2.10. The van der Waals surface area contributed by atoms with Crippen molar-refractivity contribution in [3.63, 3.8) is 0 Å². The first-order valence-electron chi connectivity index (χ1n) is 5.89. The number of carbonyl (C=O) groups is 1. The lowest BCUT2D eigenvalue weighted by atomic mass is 10.1. The fraction of sp³-hybridized carbons (Fsp3) is 0. The molecule has 0 saturated carbocycles. The topological polar surface area (TPSA) is 108 Å². The van der Waals surface area contributed by atoms with E-state index in [0.29, 0.717) is 5.56 Å². The summed E-state index contributed by atoms with van der Waals surface area (Å²) >= 11 is 0. The van der Waals surface area contributed by atoms with Gasteiger partial charge < -0.3 is 21.4 Å². The highest BCUT2D eigenvalue weighted by Crippen LogP contribution is 2.19. The van der Waals surface area contributed by atoms with Crippen molar-refractivity contribution in [3.8, 4) is 5.75 Å². The minimum atomic E-state index is -0.853. The lowest BCUT2D eigenvalue weighted by molar-refractivity contribution is 0.102. The molecule has 0 saturated heterocycles. The van der Waals surface area contributed by atoms with Crippen LogP contribution in [0.1, 0.15) is 15.9 Å². The number of phenolic OH excluding ortho intramolecular Hbond substituents is 1. The van der Waals surface area contributed by atoms with Gasteiger partial charge in [-0.3, -0.25) is 4.79 Å². The van der Waals surface area contributed by atoms with Gasteiger partial charge in [0.2, 0.25) is 0 Å². The minimum Gasteiger partial charge on any atom is -0.508 e. The molecular formula is C14H12FN3O3. The number of nitrogens with one attached hydrogen (secondary N) is 1. The highest BCUT2D eigenvalue weighted by Gasteiger charge is 2.15. The van der Waals surface area contributed by atoms with Gasteiger partial charge >= 0.3 is 0 Å². The van der Waals surface area contributed by atoms with Crippen LogP contribution < -0.4 is 11.1 Å². The average molecular weight is 289 g/mol. The second kappa shape index (κ2) is 5.91. The van der Waals surface area contributed by atoms with Crippen LogP contribution in [0.2, 0.25) is 0 Å². The molecule has 0 bridgehead atoms. The van der Waals surface area contributed by atoms with E-state index >= 15 is 0 Å². The highest BCUT2D eigenvalue weighted by atomic mass is 19.1. The monoisotopic (exact) mass is 289 g/mol. The van der Waals surface area contributed by atoms with Crippen molar-refractivity contribution in [3.05, 3.63) is 59.4 Å². The Labute approximate surface area is 119 Å². The molecule has 21 heavy (non-hydrogen) atoms. The van der Waals surface area contributed by atoms with Gasteiger partial charge in [0, 0.05) is 11.6 Å². The Morgan fingerprint density at radius 1 is 1.19 bits per heavy atom. The third-order valence-electron chi connectivity index (χ3n) is 2.76. The number of para-hydroxylation sites is 1. The highest BCUT2D eigenvalue weighted by molar-refractivity contribution is 6.09. The summed E-state index contributed by atoms with van der Waals surface area (Å²) in [5.41, 5.74) is 5.83. The van der Waals surface area contributed by atoms with Crippen LogP contribution in [0.3, 0.4) is 0 Å². The Morgan fingerprint density at radius 3 is 2.57 bits per heavy atom. The minimum absolute atomic E-state index is 0.183. The van der Waals surface area contributed by atoms with Gasteiger partial charge in [0.15, 0.2) is 5.84 Å². The van der Waals surface area contributed by atoms with Gasteiger partial charge in [0.25, 0.3) is 5.91 Å². The van der Waals surface area contributed by atoms with E-state index in [-0.39, 0.29) is 22.8 Å². The van der Waals surface area contributed by atoms with Gasteiger partial charge in [-0.25, -0.2) is 4.39 Å². The number of rotatable bonds is 3. The molecule has 0 fully saturated rings. The number of nitrogens with zero attached hydrogens (tertiary/aromatic N) is 1. The molecule has 0 atom stereocenters. The summed E-state index contributed by atoms with van der Waals surface area (Å²) < 4.78 is 13.6. The fourth-order valence-electron chi connectivity index (χ4n) is 1.75. The largest absolute Gasteiger partial charge is 0.508 e. The SMILES string of the molecule is N/C(=N/O)c1ccccc1NC(=O)c1ccc(O)cc1F. The molecule has 0 unspecified atom stereocenters. The first kappa shape index (κ1) is 14.3. The van der Waals surface area contributed by atoms with E-state index in [2.05, 4.69) is 10.5 Å². The zero-order valence-electron chi connectivity index (χ0n) is 10.7. The zero-order chi connectivity index (χ0) is 15.4. The van der Waals surface area contributed by atoms with Crippen LogP contribution in [0.15, 0.2) is 47.6 Å². The van der Waals surface area contributed by atoms with E-state index in [1.807, 2.05) is 0 Å². The molecular weight excluding hydrogens is 277 g/mol. The maximum Gasteiger partial charge on any atom is 0.258 e.